The van der Waals surface area contributed by atoms with Gasteiger partial charge in [-0.2, -0.15) is 10.5 Å². The molecule has 2 aliphatic heterocycles. The monoisotopic (exact) mass is 634 g/mol. The molecule has 0 saturated carbocycles. The van der Waals surface area contributed by atoms with E-state index in [0.29, 0.717) is 62.5 Å². The van der Waals surface area contributed by atoms with Gasteiger partial charge in [0.25, 0.3) is 0 Å². The molecule has 46 heavy (non-hydrogen) atoms. The number of aliphatic hydroxyl groups excluding tert-OH is 2. The van der Waals surface area contributed by atoms with Crippen molar-refractivity contribution in [3.05, 3.63) is 45.2 Å². The van der Waals surface area contributed by atoms with Crippen LogP contribution in [0.3, 0.4) is 0 Å². The summed E-state index contributed by atoms with van der Waals surface area (Å²) in [7, 11) is 0. The van der Waals surface area contributed by atoms with Crippen molar-refractivity contribution in [2.45, 2.75) is 105 Å². The lowest BCUT2D eigenvalue weighted by atomic mass is 9.75. The average molecular weight is 635 g/mol. The van der Waals surface area contributed by atoms with Gasteiger partial charge >= 0.3 is 11.9 Å². The van der Waals surface area contributed by atoms with Crippen LogP contribution < -0.4 is 0 Å². The molecule has 4 aliphatic rings. The summed E-state index contributed by atoms with van der Waals surface area (Å²) in [6, 6.07) is 3.98. The average Bonchev–Trinajstić information content (AvgIpc) is 3.73. The number of carbonyl (C=O) groups excluding carboxylic acids is 2. The molecule has 0 unspecified atom stereocenters. The minimum absolute atomic E-state index is 0.0462. The molecule has 250 valence electrons. The van der Waals surface area contributed by atoms with Gasteiger partial charge in [0.05, 0.1) is 24.6 Å². The standard InChI is InChI=1S/C36H50N4O6/c1-35(2)19-25(31(41)29(21-35)39-13-7-8-14-39)27(23-37)33(43)45-17-11-5-6-12-18-46-34(44)28(24-38)26-20-36(3,4)22-30(32(26)42)40-15-9-10-16-40/h41-42H,5-22H2,1-4H3/b27-25+,28-26+. The Bertz CT molecular complexity index is 1290. The third-order valence-electron chi connectivity index (χ3n) is 9.44. The van der Waals surface area contributed by atoms with Crippen molar-refractivity contribution in [1.29, 1.82) is 10.5 Å². The molecule has 0 aromatic heterocycles. The summed E-state index contributed by atoms with van der Waals surface area (Å²) >= 11 is 0. The second kappa shape index (κ2) is 15.1. The SMILES string of the molecule is CC1(C)CC(N2CCCC2)=C(O)/C(=C(\C#N)C(=O)OCCCCCCOC(=O)/C(C#N)=C2\CC(C)(C)CC(N3CCCC3)=C2O)C1. The summed E-state index contributed by atoms with van der Waals surface area (Å²) < 4.78 is 10.9. The minimum atomic E-state index is -0.718. The van der Waals surface area contributed by atoms with E-state index in [1.54, 1.807) is 0 Å². The number of hydrogen-bond acceptors (Lipinski definition) is 10. The Labute approximate surface area is 273 Å². The van der Waals surface area contributed by atoms with Crippen LogP contribution in [0.15, 0.2) is 45.2 Å². The number of rotatable bonds is 11. The van der Waals surface area contributed by atoms with Crippen LogP contribution in [0.5, 0.6) is 0 Å². The van der Waals surface area contributed by atoms with Gasteiger partial charge in [-0.15, -0.1) is 0 Å². The Morgan fingerprint density at radius 3 is 1.33 bits per heavy atom. The first-order valence-electron chi connectivity index (χ1n) is 16.8. The van der Waals surface area contributed by atoms with E-state index >= 15 is 0 Å². The van der Waals surface area contributed by atoms with E-state index in [4.69, 9.17) is 9.47 Å². The Balaban J connectivity index is 1.25. The van der Waals surface area contributed by atoms with Gasteiger partial charge in [-0.1, -0.05) is 27.7 Å². The molecule has 2 heterocycles. The first-order valence-corrected chi connectivity index (χ1v) is 16.8. The molecule has 2 aliphatic carbocycles. The Kier molecular flexibility index (Phi) is 11.5. The van der Waals surface area contributed by atoms with E-state index in [9.17, 15) is 30.3 Å². The maximum absolute atomic E-state index is 12.9. The van der Waals surface area contributed by atoms with E-state index in [0.717, 1.165) is 63.3 Å². The van der Waals surface area contributed by atoms with Crippen molar-refractivity contribution in [3.63, 3.8) is 0 Å². The van der Waals surface area contributed by atoms with E-state index < -0.39 is 11.9 Å². The zero-order chi connectivity index (χ0) is 33.5. The van der Waals surface area contributed by atoms with Crippen molar-refractivity contribution < 1.29 is 29.3 Å². The molecule has 0 radical (unpaired) electrons. The Hall–Kier alpha value is -3.92. The number of carbonyl (C=O) groups is 2. The predicted octanol–water partition coefficient (Wildman–Crippen LogP) is 6.64. The van der Waals surface area contributed by atoms with Crippen LogP contribution in [0.2, 0.25) is 0 Å². The second-order valence-electron chi connectivity index (χ2n) is 14.6. The lowest BCUT2D eigenvalue weighted by molar-refractivity contribution is -0.140. The molecule has 2 N–H and O–H groups in total. The van der Waals surface area contributed by atoms with Gasteiger partial charge in [-0.3, -0.25) is 0 Å². The topological polar surface area (TPSA) is 147 Å². The maximum atomic E-state index is 12.9. The molecule has 10 nitrogen and oxygen atoms in total. The van der Waals surface area contributed by atoms with Crippen molar-refractivity contribution in [3.8, 4) is 12.1 Å². The minimum Gasteiger partial charge on any atom is -0.506 e. The van der Waals surface area contributed by atoms with E-state index in [2.05, 4.69) is 37.5 Å². The summed E-state index contributed by atoms with van der Waals surface area (Å²) in [6.07, 6.45) is 9.03. The first-order chi connectivity index (χ1) is 21.9. The van der Waals surface area contributed by atoms with Gasteiger partial charge in [0.15, 0.2) is 0 Å². The number of nitriles is 2. The molecular formula is C36H50N4O6. The number of ether oxygens (including phenoxy) is 2. The van der Waals surface area contributed by atoms with Gasteiger partial charge in [0.1, 0.15) is 34.8 Å². The van der Waals surface area contributed by atoms with Crippen LogP contribution in [0.25, 0.3) is 0 Å². The van der Waals surface area contributed by atoms with Gasteiger partial charge in [-0.25, -0.2) is 9.59 Å². The van der Waals surface area contributed by atoms with Gasteiger partial charge in [0, 0.05) is 37.3 Å². The van der Waals surface area contributed by atoms with Gasteiger partial charge < -0.3 is 29.5 Å². The third-order valence-corrected chi connectivity index (χ3v) is 9.44. The molecule has 0 spiro atoms. The fourth-order valence-electron chi connectivity index (χ4n) is 7.09. The normalized spacial score (nSPS) is 23.2. The van der Waals surface area contributed by atoms with Crippen molar-refractivity contribution in [2.24, 2.45) is 10.8 Å². The molecule has 2 saturated heterocycles. The van der Waals surface area contributed by atoms with E-state index in [1.807, 2.05) is 12.1 Å². The largest absolute Gasteiger partial charge is 0.506 e. The second-order valence-corrected chi connectivity index (χ2v) is 14.6. The first kappa shape index (κ1) is 34.9. The molecule has 0 amide bonds. The number of allylic oxidation sites excluding steroid dienone is 4. The number of hydrogen-bond donors (Lipinski definition) is 2. The van der Waals surface area contributed by atoms with Crippen molar-refractivity contribution >= 4 is 11.9 Å². The zero-order valence-corrected chi connectivity index (χ0v) is 28.0. The molecule has 0 aromatic rings. The van der Waals surface area contributed by atoms with E-state index in [-0.39, 0.29) is 46.7 Å². The lowest BCUT2D eigenvalue weighted by Gasteiger charge is -2.37. The Morgan fingerprint density at radius 1 is 0.652 bits per heavy atom. The number of nitrogens with zero attached hydrogens (tertiary/aromatic N) is 4. The third kappa shape index (κ3) is 8.46. The van der Waals surface area contributed by atoms with Crippen LogP contribution in [0.4, 0.5) is 0 Å². The number of unbranched alkanes of at least 4 members (excludes halogenated alkanes) is 3. The molecule has 4 rings (SSSR count). The number of likely N-dealkylation sites (tertiary alicyclic amines) is 2. The van der Waals surface area contributed by atoms with Crippen molar-refractivity contribution in [1.82, 2.24) is 9.80 Å². The van der Waals surface area contributed by atoms with Crippen LogP contribution in [-0.4, -0.2) is 71.3 Å². The van der Waals surface area contributed by atoms with Crippen LogP contribution in [0.1, 0.15) is 105 Å². The summed E-state index contributed by atoms with van der Waals surface area (Å²) in [6.45, 7) is 12.0. The fraction of sp³-hybridized carbons (Fsp3) is 0.667. The molecule has 2 fully saturated rings. The molecule has 0 bridgehead atoms. The van der Waals surface area contributed by atoms with Gasteiger partial charge in [-0.05, 0) is 87.9 Å². The highest BCUT2D eigenvalue weighted by Gasteiger charge is 2.38. The molecule has 10 heteroatoms. The lowest BCUT2D eigenvalue weighted by Crippen LogP contribution is -2.31. The van der Waals surface area contributed by atoms with Crippen LogP contribution in [0, 0.1) is 33.5 Å². The molecular weight excluding hydrogens is 584 g/mol. The summed E-state index contributed by atoms with van der Waals surface area (Å²) in [5, 5.41) is 41.8. The predicted molar refractivity (Wildman–Crippen MR) is 173 cm³/mol. The summed E-state index contributed by atoms with van der Waals surface area (Å²) in [5.74, 6) is -1.34. The van der Waals surface area contributed by atoms with Crippen molar-refractivity contribution in [2.75, 3.05) is 39.4 Å². The van der Waals surface area contributed by atoms with Gasteiger partial charge in [0.2, 0.25) is 0 Å². The fourth-order valence-corrected chi connectivity index (χ4v) is 7.09. The maximum Gasteiger partial charge on any atom is 0.349 e. The zero-order valence-electron chi connectivity index (χ0n) is 28.0. The highest BCUT2D eigenvalue weighted by Crippen LogP contribution is 2.45. The molecule has 0 atom stereocenters. The summed E-state index contributed by atoms with van der Waals surface area (Å²) in [4.78, 5) is 30.1. The highest BCUT2D eigenvalue weighted by atomic mass is 16.5. The number of esters is 2. The number of aliphatic hydroxyl groups is 2. The summed E-state index contributed by atoms with van der Waals surface area (Å²) in [5.41, 5.74) is 1.69. The van der Waals surface area contributed by atoms with Crippen LogP contribution >= 0.6 is 0 Å². The van der Waals surface area contributed by atoms with E-state index in [1.165, 1.54) is 0 Å². The van der Waals surface area contributed by atoms with Crippen LogP contribution in [-0.2, 0) is 19.1 Å². The smallest absolute Gasteiger partial charge is 0.349 e. The Morgan fingerprint density at radius 2 is 1.00 bits per heavy atom. The molecule has 0 aromatic carbocycles. The highest BCUT2D eigenvalue weighted by molar-refractivity contribution is 5.95. The quantitative estimate of drug-likeness (QED) is 0.110.